The highest BCUT2D eigenvalue weighted by molar-refractivity contribution is 5.82. The van der Waals surface area contributed by atoms with Gasteiger partial charge in [-0.1, -0.05) is 30.3 Å². The first-order valence-electron chi connectivity index (χ1n) is 7.61. The van der Waals surface area contributed by atoms with Crippen LogP contribution in [0.5, 0.6) is 0 Å². The molecule has 4 heteroatoms. The molecule has 0 aromatic heterocycles. The molecule has 0 radical (unpaired) electrons. The van der Waals surface area contributed by atoms with E-state index in [0.717, 1.165) is 31.2 Å². The SMILES string of the molecule is NCC(=O)C1CCC(CC(=O)OCc2ccccc2)CC1. The Morgan fingerprint density at radius 2 is 1.76 bits per heavy atom. The van der Waals surface area contributed by atoms with Gasteiger partial charge in [-0.15, -0.1) is 0 Å². The third-order valence-electron chi connectivity index (χ3n) is 4.20. The summed E-state index contributed by atoms with van der Waals surface area (Å²) in [4.78, 5) is 23.4. The zero-order valence-corrected chi connectivity index (χ0v) is 12.3. The zero-order chi connectivity index (χ0) is 15.1. The lowest BCUT2D eigenvalue weighted by Gasteiger charge is -2.26. The van der Waals surface area contributed by atoms with Crippen LogP contribution in [0.15, 0.2) is 30.3 Å². The van der Waals surface area contributed by atoms with E-state index in [9.17, 15) is 9.59 Å². The summed E-state index contributed by atoms with van der Waals surface area (Å²) in [6, 6.07) is 9.68. The zero-order valence-electron chi connectivity index (χ0n) is 12.3. The van der Waals surface area contributed by atoms with Gasteiger partial charge in [0.15, 0.2) is 0 Å². The molecular weight excluding hydrogens is 266 g/mol. The van der Waals surface area contributed by atoms with Crippen molar-refractivity contribution in [3.05, 3.63) is 35.9 Å². The van der Waals surface area contributed by atoms with E-state index < -0.39 is 0 Å². The smallest absolute Gasteiger partial charge is 0.306 e. The van der Waals surface area contributed by atoms with Crippen LogP contribution in [0.1, 0.15) is 37.7 Å². The molecule has 1 fully saturated rings. The summed E-state index contributed by atoms with van der Waals surface area (Å²) in [5.74, 6) is 0.453. The number of ether oxygens (including phenoxy) is 1. The average Bonchev–Trinajstić information content (AvgIpc) is 2.54. The van der Waals surface area contributed by atoms with Gasteiger partial charge in [0.1, 0.15) is 12.4 Å². The summed E-state index contributed by atoms with van der Waals surface area (Å²) in [6.45, 7) is 0.467. The van der Waals surface area contributed by atoms with Crippen molar-refractivity contribution in [1.29, 1.82) is 0 Å². The van der Waals surface area contributed by atoms with Gasteiger partial charge in [0, 0.05) is 12.3 Å². The standard InChI is InChI=1S/C17H23NO3/c18-11-16(19)15-8-6-13(7-9-15)10-17(20)21-12-14-4-2-1-3-5-14/h1-5,13,15H,6-12,18H2. The van der Waals surface area contributed by atoms with Crippen molar-refractivity contribution >= 4 is 11.8 Å². The fraction of sp³-hybridized carbons (Fsp3) is 0.529. The van der Waals surface area contributed by atoms with Crippen LogP contribution in [0.2, 0.25) is 0 Å². The Morgan fingerprint density at radius 1 is 1.10 bits per heavy atom. The molecule has 0 heterocycles. The van der Waals surface area contributed by atoms with Gasteiger partial charge < -0.3 is 10.5 Å². The van der Waals surface area contributed by atoms with E-state index in [1.165, 1.54) is 0 Å². The number of Topliss-reactive ketones (excluding diaryl/α,β-unsaturated/α-hetero) is 1. The molecule has 0 spiro atoms. The first-order chi connectivity index (χ1) is 10.2. The van der Waals surface area contributed by atoms with Gasteiger partial charge in [0.05, 0.1) is 6.54 Å². The van der Waals surface area contributed by atoms with Gasteiger partial charge in [-0.2, -0.15) is 0 Å². The summed E-state index contributed by atoms with van der Waals surface area (Å²) in [7, 11) is 0. The van der Waals surface area contributed by atoms with Gasteiger partial charge in [0.25, 0.3) is 0 Å². The molecule has 1 aliphatic carbocycles. The minimum Gasteiger partial charge on any atom is -0.461 e. The number of benzene rings is 1. The molecule has 0 aliphatic heterocycles. The normalized spacial score (nSPS) is 21.8. The molecule has 0 atom stereocenters. The van der Waals surface area contributed by atoms with Crippen LogP contribution in [0, 0.1) is 11.8 Å². The summed E-state index contributed by atoms with van der Waals surface area (Å²) in [6.07, 6.45) is 3.99. The second-order valence-corrected chi connectivity index (χ2v) is 5.74. The van der Waals surface area contributed by atoms with Gasteiger partial charge in [-0.25, -0.2) is 0 Å². The summed E-state index contributed by atoms with van der Waals surface area (Å²) >= 11 is 0. The molecule has 0 saturated heterocycles. The molecule has 0 unspecified atom stereocenters. The first-order valence-corrected chi connectivity index (χ1v) is 7.61. The highest BCUT2D eigenvalue weighted by atomic mass is 16.5. The molecule has 0 bridgehead atoms. The van der Waals surface area contributed by atoms with Crippen molar-refractivity contribution in [1.82, 2.24) is 0 Å². The molecule has 1 saturated carbocycles. The quantitative estimate of drug-likeness (QED) is 0.817. The number of carbonyl (C=O) groups excluding carboxylic acids is 2. The van der Waals surface area contributed by atoms with Crippen LogP contribution in [0.4, 0.5) is 0 Å². The molecular formula is C17H23NO3. The fourth-order valence-electron chi connectivity index (χ4n) is 2.89. The largest absolute Gasteiger partial charge is 0.461 e. The van der Waals surface area contributed by atoms with Gasteiger partial charge in [-0.05, 0) is 37.2 Å². The lowest BCUT2D eigenvalue weighted by molar-refractivity contribution is -0.146. The molecule has 0 amide bonds. The Hall–Kier alpha value is -1.68. The summed E-state index contributed by atoms with van der Waals surface area (Å²) in [5, 5.41) is 0. The van der Waals surface area contributed by atoms with E-state index in [0.29, 0.717) is 18.9 Å². The van der Waals surface area contributed by atoms with Gasteiger partial charge in [-0.3, -0.25) is 9.59 Å². The Kier molecular flexibility index (Phi) is 5.93. The maximum Gasteiger partial charge on any atom is 0.306 e. The lowest BCUT2D eigenvalue weighted by Crippen LogP contribution is -2.28. The van der Waals surface area contributed by atoms with E-state index in [4.69, 9.17) is 10.5 Å². The van der Waals surface area contributed by atoms with Gasteiger partial charge >= 0.3 is 5.97 Å². The molecule has 4 nitrogen and oxygen atoms in total. The maximum atomic E-state index is 11.8. The topological polar surface area (TPSA) is 69.4 Å². The van der Waals surface area contributed by atoms with Crippen molar-refractivity contribution in [3.8, 4) is 0 Å². The number of ketones is 1. The second-order valence-electron chi connectivity index (χ2n) is 5.74. The summed E-state index contributed by atoms with van der Waals surface area (Å²) in [5.41, 5.74) is 6.39. The predicted molar refractivity (Wildman–Crippen MR) is 80.4 cm³/mol. The van der Waals surface area contributed by atoms with E-state index in [2.05, 4.69) is 0 Å². The third-order valence-corrected chi connectivity index (χ3v) is 4.20. The van der Waals surface area contributed by atoms with Crippen LogP contribution < -0.4 is 5.73 Å². The molecule has 1 aliphatic rings. The van der Waals surface area contributed by atoms with Crippen LogP contribution >= 0.6 is 0 Å². The predicted octanol–water partition coefficient (Wildman–Crippen LogP) is 2.45. The maximum absolute atomic E-state index is 11.8. The number of nitrogens with two attached hydrogens (primary N) is 1. The van der Waals surface area contributed by atoms with Gasteiger partial charge in [0.2, 0.25) is 0 Å². The molecule has 2 rings (SSSR count). The van der Waals surface area contributed by atoms with Crippen LogP contribution in [0.25, 0.3) is 0 Å². The number of carbonyl (C=O) groups is 2. The lowest BCUT2D eigenvalue weighted by atomic mass is 9.79. The Labute approximate surface area is 125 Å². The number of hydrogen-bond donors (Lipinski definition) is 1. The van der Waals surface area contributed by atoms with Crippen molar-refractivity contribution in [3.63, 3.8) is 0 Å². The van der Waals surface area contributed by atoms with Crippen LogP contribution in [-0.4, -0.2) is 18.3 Å². The van der Waals surface area contributed by atoms with Crippen molar-refractivity contribution in [2.24, 2.45) is 17.6 Å². The minimum atomic E-state index is -0.146. The van der Waals surface area contributed by atoms with E-state index in [1.807, 2.05) is 30.3 Å². The third kappa shape index (κ3) is 4.97. The van der Waals surface area contributed by atoms with Crippen LogP contribution in [0.3, 0.4) is 0 Å². The molecule has 1 aromatic rings. The molecule has 21 heavy (non-hydrogen) atoms. The monoisotopic (exact) mass is 289 g/mol. The average molecular weight is 289 g/mol. The van der Waals surface area contributed by atoms with Crippen molar-refractivity contribution in [2.75, 3.05) is 6.54 Å². The highest BCUT2D eigenvalue weighted by Gasteiger charge is 2.26. The molecule has 2 N–H and O–H groups in total. The Balaban J connectivity index is 1.68. The minimum absolute atomic E-state index is 0.103. The van der Waals surface area contributed by atoms with Crippen molar-refractivity contribution < 1.29 is 14.3 Å². The van der Waals surface area contributed by atoms with E-state index in [-0.39, 0.29) is 24.2 Å². The van der Waals surface area contributed by atoms with Crippen LogP contribution in [-0.2, 0) is 20.9 Å². The molecule has 114 valence electrons. The summed E-state index contributed by atoms with van der Waals surface area (Å²) < 4.78 is 5.30. The van der Waals surface area contributed by atoms with E-state index >= 15 is 0 Å². The number of hydrogen-bond acceptors (Lipinski definition) is 4. The highest BCUT2D eigenvalue weighted by Crippen LogP contribution is 2.31. The number of esters is 1. The van der Waals surface area contributed by atoms with Crippen molar-refractivity contribution in [2.45, 2.75) is 38.7 Å². The Bertz CT molecular complexity index is 464. The fourth-order valence-corrected chi connectivity index (χ4v) is 2.89. The second kappa shape index (κ2) is 7.93. The first kappa shape index (κ1) is 15.7. The van der Waals surface area contributed by atoms with E-state index in [1.54, 1.807) is 0 Å². The molecule has 1 aromatic carbocycles. The Morgan fingerprint density at radius 3 is 2.38 bits per heavy atom. The number of rotatable bonds is 6.